The van der Waals surface area contributed by atoms with Crippen molar-refractivity contribution >= 4 is 11.3 Å². The third kappa shape index (κ3) is 6.58. The zero-order valence-electron chi connectivity index (χ0n) is 23.5. The van der Waals surface area contributed by atoms with Gasteiger partial charge in [-0.15, -0.1) is 0 Å². The van der Waals surface area contributed by atoms with Crippen LogP contribution in [0.3, 0.4) is 0 Å². The van der Waals surface area contributed by atoms with Crippen LogP contribution in [0.2, 0.25) is 0 Å². The minimum atomic E-state index is 0.224. The molecule has 2 aromatic rings. The van der Waals surface area contributed by atoms with Crippen molar-refractivity contribution in [1.82, 2.24) is 5.32 Å². The molecule has 2 heteroatoms. The molecule has 2 aliphatic carbocycles. The average Bonchev–Trinajstić information content (AvgIpc) is 3.30. The van der Waals surface area contributed by atoms with Gasteiger partial charge in [0, 0.05) is 18.3 Å². The van der Waals surface area contributed by atoms with E-state index >= 15 is 0 Å². The lowest BCUT2D eigenvalue weighted by Gasteiger charge is -2.52. The van der Waals surface area contributed by atoms with Gasteiger partial charge in [0.15, 0.2) is 0 Å². The van der Waals surface area contributed by atoms with Gasteiger partial charge < -0.3 is 5.32 Å². The molecular formula is C34H46N2. The summed E-state index contributed by atoms with van der Waals surface area (Å²) in [6.45, 7) is 18.3. The Morgan fingerprint density at radius 2 is 1.47 bits per heavy atom. The van der Waals surface area contributed by atoms with Crippen LogP contribution in [-0.4, -0.2) is 12.3 Å². The third-order valence-corrected chi connectivity index (χ3v) is 7.60. The molecule has 0 aromatic heterocycles. The highest BCUT2D eigenvalue weighted by atomic mass is 14.9. The summed E-state index contributed by atoms with van der Waals surface area (Å²) in [4.78, 5) is 4.57. The van der Waals surface area contributed by atoms with Crippen molar-refractivity contribution < 1.29 is 0 Å². The van der Waals surface area contributed by atoms with Gasteiger partial charge in [0.2, 0.25) is 0 Å². The molecule has 0 amide bonds. The quantitative estimate of drug-likeness (QED) is 0.436. The van der Waals surface area contributed by atoms with Crippen molar-refractivity contribution in [2.45, 2.75) is 92.5 Å². The molecule has 1 aliphatic heterocycles. The average molecular weight is 483 g/mol. The number of nitrogens with zero attached hydrogens (tertiary/aromatic N) is 1. The summed E-state index contributed by atoms with van der Waals surface area (Å²) in [5.74, 6) is 0. The van der Waals surface area contributed by atoms with Gasteiger partial charge in [-0.25, -0.2) is 0 Å². The minimum absolute atomic E-state index is 0.224. The zero-order chi connectivity index (χ0) is 25.9. The van der Waals surface area contributed by atoms with Crippen LogP contribution in [0.5, 0.6) is 0 Å². The van der Waals surface area contributed by atoms with Crippen LogP contribution < -0.4 is 5.32 Å². The second-order valence-electron chi connectivity index (χ2n) is 13.0. The molecule has 1 N–H and O–H groups in total. The molecule has 5 rings (SSSR count). The topological polar surface area (TPSA) is 24.4 Å². The van der Waals surface area contributed by atoms with Gasteiger partial charge in [0.25, 0.3) is 0 Å². The second-order valence-corrected chi connectivity index (χ2v) is 13.0. The van der Waals surface area contributed by atoms with Crippen molar-refractivity contribution in [1.29, 1.82) is 0 Å². The fourth-order valence-corrected chi connectivity index (χ4v) is 5.51. The summed E-state index contributed by atoms with van der Waals surface area (Å²) < 4.78 is 0. The predicted octanol–water partition coefficient (Wildman–Crippen LogP) is 9.21. The highest BCUT2D eigenvalue weighted by Crippen LogP contribution is 2.60. The van der Waals surface area contributed by atoms with Crippen LogP contribution in [-0.2, 0) is 0 Å². The largest absolute Gasteiger partial charge is 0.378 e. The normalized spacial score (nSPS) is 18.8. The van der Waals surface area contributed by atoms with E-state index in [-0.39, 0.29) is 6.04 Å². The minimum Gasteiger partial charge on any atom is -0.378 e. The van der Waals surface area contributed by atoms with Crippen molar-refractivity contribution in [2.24, 2.45) is 15.8 Å². The summed E-state index contributed by atoms with van der Waals surface area (Å²) in [7, 11) is 0. The first-order chi connectivity index (χ1) is 17.0. The smallest absolute Gasteiger partial charge is 0.0574 e. The van der Waals surface area contributed by atoms with E-state index in [0.717, 1.165) is 30.8 Å². The van der Waals surface area contributed by atoms with E-state index in [2.05, 4.69) is 107 Å². The first-order valence-electron chi connectivity index (χ1n) is 13.9. The summed E-state index contributed by atoms with van der Waals surface area (Å²) in [5.41, 5.74) is 11.7. The van der Waals surface area contributed by atoms with Crippen LogP contribution in [0.4, 0.5) is 0 Å². The Kier molecular flexibility index (Phi) is 7.93. The molecule has 1 unspecified atom stereocenters. The van der Waals surface area contributed by atoms with Crippen LogP contribution >= 0.6 is 0 Å². The van der Waals surface area contributed by atoms with Gasteiger partial charge in [-0.2, -0.15) is 0 Å². The Morgan fingerprint density at radius 3 is 1.94 bits per heavy atom. The van der Waals surface area contributed by atoms with Crippen LogP contribution in [0.25, 0.3) is 5.57 Å². The monoisotopic (exact) mass is 482 g/mol. The van der Waals surface area contributed by atoms with Crippen molar-refractivity contribution in [3.63, 3.8) is 0 Å². The lowest BCUT2D eigenvalue weighted by molar-refractivity contribution is 0.0814. The number of aliphatic imine (C=N–C) groups is 1. The molecule has 0 radical (unpaired) electrons. The standard InChI is InChI=1S/C29H34N2.C5H12/c1-20-7-9-24(10-8-20)28(26-18-29(19-26)15-5-16-29)25-13-11-23(12-14-25)21(2)31-22(3)27-6-4-17-30-27;1-5(2,3)4/h7-14,21,31H,3-6,15-19H2,1-2H3;1-4H3. The predicted molar refractivity (Wildman–Crippen MR) is 157 cm³/mol. The molecule has 3 aliphatic rings. The second kappa shape index (κ2) is 10.8. The molecule has 192 valence electrons. The van der Waals surface area contributed by atoms with E-state index in [4.69, 9.17) is 0 Å². The summed E-state index contributed by atoms with van der Waals surface area (Å²) >= 11 is 0. The maximum Gasteiger partial charge on any atom is 0.0574 e. The Bertz CT molecular complexity index is 1100. The Labute approximate surface area is 220 Å². The van der Waals surface area contributed by atoms with E-state index in [1.54, 1.807) is 5.57 Å². The Morgan fingerprint density at radius 1 is 0.917 bits per heavy atom. The lowest BCUT2D eigenvalue weighted by Crippen LogP contribution is -2.38. The van der Waals surface area contributed by atoms with Gasteiger partial charge in [-0.3, -0.25) is 4.99 Å². The molecule has 2 fully saturated rings. The van der Waals surface area contributed by atoms with Crippen LogP contribution in [0.1, 0.15) is 108 Å². The molecule has 1 heterocycles. The zero-order valence-corrected chi connectivity index (χ0v) is 23.5. The number of hydrogen-bond donors (Lipinski definition) is 1. The van der Waals surface area contributed by atoms with E-state index in [9.17, 15) is 0 Å². The molecule has 0 saturated heterocycles. The first-order valence-corrected chi connectivity index (χ1v) is 13.9. The van der Waals surface area contributed by atoms with Gasteiger partial charge >= 0.3 is 0 Å². The molecule has 0 bridgehead atoms. The number of aryl methyl sites for hydroxylation is 1. The van der Waals surface area contributed by atoms with E-state index in [0.29, 0.717) is 10.8 Å². The Balaban J connectivity index is 0.000000556. The maximum absolute atomic E-state index is 4.57. The first kappa shape index (κ1) is 26.5. The third-order valence-electron chi connectivity index (χ3n) is 7.60. The number of hydrogen-bond acceptors (Lipinski definition) is 2. The lowest BCUT2D eigenvalue weighted by atomic mass is 9.53. The van der Waals surface area contributed by atoms with Gasteiger partial charge in [0.1, 0.15) is 0 Å². The van der Waals surface area contributed by atoms with Gasteiger partial charge in [-0.1, -0.05) is 100 Å². The molecule has 1 atom stereocenters. The molecule has 2 nitrogen and oxygen atoms in total. The van der Waals surface area contributed by atoms with Crippen molar-refractivity contribution in [2.75, 3.05) is 6.54 Å². The summed E-state index contributed by atoms with van der Waals surface area (Å²) in [6, 6.07) is 18.5. The number of allylic oxidation sites excluding steroid dienone is 2. The molecular weight excluding hydrogens is 436 g/mol. The number of nitrogens with one attached hydrogen (secondary N) is 1. The highest BCUT2D eigenvalue weighted by Gasteiger charge is 2.46. The van der Waals surface area contributed by atoms with Gasteiger partial charge in [0.05, 0.1) is 5.71 Å². The summed E-state index contributed by atoms with van der Waals surface area (Å²) in [5, 5.41) is 3.56. The van der Waals surface area contributed by atoms with Gasteiger partial charge in [-0.05, 0) is 85.5 Å². The fourth-order valence-electron chi connectivity index (χ4n) is 5.51. The Hall–Kier alpha value is -2.61. The van der Waals surface area contributed by atoms with E-state index < -0.39 is 0 Å². The number of benzene rings is 2. The van der Waals surface area contributed by atoms with E-state index in [1.165, 1.54) is 59.9 Å². The van der Waals surface area contributed by atoms with Crippen molar-refractivity contribution in [3.05, 3.63) is 88.6 Å². The number of rotatable bonds is 6. The van der Waals surface area contributed by atoms with Crippen LogP contribution in [0, 0.1) is 17.8 Å². The SMILES string of the molecule is C=C(NC(C)c1ccc(C(=C2CC3(CCC3)C2)c2ccc(C)cc2)cc1)C1=NCCC1.CC(C)(C)C. The van der Waals surface area contributed by atoms with Crippen LogP contribution in [0.15, 0.2) is 71.4 Å². The highest BCUT2D eigenvalue weighted by molar-refractivity contribution is 6.00. The van der Waals surface area contributed by atoms with E-state index in [1.807, 2.05) is 0 Å². The van der Waals surface area contributed by atoms with Crippen molar-refractivity contribution in [3.8, 4) is 0 Å². The molecule has 2 aromatic carbocycles. The fraction of sp³-hybridized carbons (Fsp3) is 0.500. The summed E-state index contributed by atoms with van der Waals surface area (Å²) in [6.07, 6.45) is 9.05. The molecule has 36 heavy (non-hydrogen) atoms. The maximum atomic E-state index is 4.57. The molecule has 2 saturated carbocycles. The molecule has 1 spiro atoms.